The third-order valence-corrected chi connectivity index (χ3v) is 12.1. The van der Waals surface area contributed by atoms with E-state index >= 15 is 0 Å². The Kier molecular flexibility index (Phi) is 19.9. The highest BCUT2D eigenvalue weighted by Crippen LogP contribution is 2.23. The first-order valence-corrected chi connectivity index (χ1v) is 22.2. The average molecular weight is 928 g/mol. The van der Waals surface area contributed by atoms with Gasteiger partial charge in [-0.15, -0.1) is 23.2 Å². The van der Waals surface area contributed by atoms with Crippen molar-refractivity contribution in [2.24, 2.45) is 22.9 Å². The summed E-state index contributed by atoms with van der Waals surface area (Å²) >= 11 is 13.0. The van der Waals surface area contributed by atoms with Crippen LogP contribution in [0.2, 0.25) is 0 Å². The quantitative estimate of drug-likeness (QED) is 0.0210. The number of benzene rings is 2. The Hall–Kier alpha value is -5.63. The van der Waals surface area contributed by atoms with Gasteiger partial charge in [0.15, 0.2) is 40.0 Å². The highest BCUT2D eigenvalue weighted by Gasteiger charge is 2.43. The molecule has 14 N–H and O–H groups in total. The smallest absolute Gasteiger partial charge is 0.243 e. The Morgan fingerprint density at radius 1 is 0.609 bits per heavy atom. The van der Waals surface area contributed by atoms with Crippen LogP contribution in [0.5, 0.6) is 0 Å². The number of amides is 4. The van der Waals surface area contributed by atoms with Gasteiger partial charge in [-0.25, -0.2) is 0 Å². The topological polar surface area (TPSA) is 326 Å². The van der Waals surface area contributed by atoms with Crippen LogP contribution in [0.4, 0.5) is 0 Å². The summed E-state index contributed by atoms with van der Waals surface area (Å²) in [6.07, 6.45) is 2.23. The molecule has 8 unspecified atom stereocenters. The third kappa shape index (κ3) is 14.7. The molecule has 0 aromatic heterocycles. The van der Waals surface area contributed by atoms with E-state index in [1.165, 1.54) is 9.80 Å². The molecule has 2 aliphatic heterocycles. The first-order chi connectivity index (χ1) is 30.5. The second kappa shape index (κ2) is 25.0. The zero-order valence-corrected chi connectivity index (χ0v) is 37.1. The van der Waals surface area contributed by atoms with Gasteiger partial charge in [0.05, 0.1) is 24.2 Å². The minimum atomic E-state index is -2.04. The lowest BCUT2D eigenvalue weighted by Gasteiger charge is -2.29. The fraction of sp³-hybridized carbons (Fsp3) is 0.512. The van der Waals surface area contributed by atoms with Gasteiger partial charge < -0.3 is 54.0 Å². The van der Waals surface area contributed by atoms with Crippen LogP contribution in [0.15, 0.2) is 60.7 Å². The van der Waals surface area contributed by atoms with Gasteiger partial charge in [-0.2, -0.15) is 0 Å². The van der Waals surface area contributed by atoms with Crippen molar-refractivity contribution in [2.45, 2.75) is 111 Å². The van der Waals surface area contributed by atoms with Gasteiger partial charge in [0, 0.05) is 26.2 Å². The molecule has 19 nitrogen and oxygen atoms in total. The van der Waals surface area contributed by atoms with Crippen LogP contribution in [-0.2, 0) is 46.4 Å². The van der Waals surface area contributed by atoms with Gasteiger partial charge in [-0.3, -0.25) is 44.4 Å². The Morgan fingerprint density at radius 2 is 0.969 bits per heavy atom. The van der Waals surface area contributed by atoms with Crippen LogP contribution in [-0.4, -0.2) is 136 Å². The van der Waals surface area contributed by atoms with Crippen LogP contribution in [0.25, 0.3) is 0 Å². The summed E-state index contributed by atoms with van der Waals surface area (Å²) in [5.41, 5.74) is 25.1. The van der Waals surface area contributed by atoms with Gasteiger partial charge in [0.2, 0.25) is 23.6 Å². The zero-order chi connectivity index (χ0) is 46.9. The summed E-state index contributed by atoms with van der Waals surface area (Å²) in [4.78, 5) is 99.1. The van der Waals surface area contributed by atoms with Crippen molar-refractivity contribution in [3.63, 3.8) is 0 Å². The number of nitrogens with one attached hydrogen (secondary N) is 6. The van der Waals surface area contributed by atoms with Crippen LogP contribution in [0.1, 0.15) is 62.5 Å². The van der Waals surface area contributed by atoms with Gasteiger partial charge in [0.25, 0.3) is 0 Å². The first kappa shape index (κ1) is 51.0. The monoisotopic (exact) mass is 926 g/mol. The van der Waals surface area contributed by atoms with Crippen LogP contribution >= 0.6 is 23.2 Å². The number of carbonyl (C=O) groups is 7. The maximum atomic E-state index is 14.0. The minimum absolute atomic E-state index is 0.0795. The van der Waals surface area contributed by atoms with Crippen molar-refractivity contribution in [3.8, 4) is 0 Å². The van der Waals surface area contributed by atoms with Crippen molar-refractivity contribution >= 4 is 76.1 Å². The molecule has 0 aliphatic carbocycles. The molecule has 0 saturated carbocycles. The maximum Gasteiger partial charge on any atom is 0.243 e. The summed E-state index contributed by atoms with van der Waals surface area (Å²) in [5.74, 6) is -6.04. The first-order valence-electron chi connectivity index (χ1n) is 21.4. The number of carbonyl (C=O) groups excluding carboxylic acids is 7. The average Bonchev–Trinajstić information content (AvgIpc) is 3.98. The van der Waals surface area contributed by atoms with E-state index in [1.54, 1.807) is 0 Å². The molecule has 4 rings (SSSR count). The second-order valence-electron chi connectivity index (χ2n) is 16.0. The van der Waals surface area contributed by atoms with Crippen LogP contribution in [0.3, 0.4) is 0 Å². The van der Waals surface area contributed by atoms with E-state index in [0.29, 0.717) is 12.8 Å². The minimum Gasteiger partial charge on any atom is -0.370 e. The summed E-state index contributed by atoms with van der Waals surface area (Å²) < 4.78 is 0. The van der Waals surface area contributed by atoms with Crippen molar-refractivity contribution in [3.05, 3.63) is 71.8 Å². The number of hydrogen-bond donors (Lipinski definition) is 10. The summed E-state index contributed by atoms with van der Waals surface area (Å²) in [7, 11) is 0. The molecule has 8 atom stereocenters. The zero-order valence-electron chi connectivity index (χ0n) is 35.6. The van der Waals surface area contributed by atoms with E-state index in [-0.39, 0.29) is 89.5 Å². The lowest BCUT2D eigenvalue weighted by atomic mass is 9.95. The molecule has 348 valence electrons. The van der Waals surface area contributed by atoms with E-state index in [9.17, 15) is 33.6 Å². The molecule has 2 saturated heterocycles. The second-order valence-corrected chi connectivity index (χ2v) is 16.9. The van der Waals surface area contributed by atoms with Crippen LogP contribution in [0, 0.1) is 10.8 Å². The highest BCUT2D eigenvalue weighted by molar-refractivity contribution is 6.52. The molecule has 0 bridgehead atoms. The summed E-state index contributed by atoms with van der Waals surface area (Å²) in [5, 5.41) is 21.3. The van der Waals surface area contributed by atoms with Gasteiger partial charge >= 0.3 is 0 Å². The van der Waals surface area contributed by atoms with Gasteiger partial charge in [-0.05, 0) is 75.3 Å². The fourth-order valence-electron chi connectivity index (χ4n) is 7.87. The Bertz CT molecular complexity index is 1840. The molecular formula is C43H60Cl2N12O7. The normalized spacial score (nSPS) is 18.7. The number of ketones is 3. The number of Topliss-reactive ketones (excluding diaryl/α,β-unsaturated/α-hetero) is 3. The molecule has 2 fully saturated rings. The van der Waals surface area contributed by atoms with Gasteiger partial charge in [-0.1, -0.05) is 60.7 Å². The molecule has 21 heteroatoms. The summed E-state index contributed by atoms with van der Waals surface area (Å²) in [6, 6.07) is 11.7. The van der Waals surface area contributed by atoms with E-state index in [1.807, 2.05) is 60.7 Å². The molecule has 64 heavy (non-hydrogen) atoms. The number of likely N-dealkylation sites (tertiary alicyclic amines) is 2. The van der Waals surface area contributed by atoms with E-state index in [0.717, 1.165) is 11.1 Å². The highest BCUT2D eigenvalue weighted by atomic mass is 35.5. The Labute approximate surface area is 382 Å². The van der Waals surface area contributed by atoms with Crippen molar-refractivity contribution < 1.29 is 33.6 Å². The number of halogens is 2. The standard InChI is InChI=1S/C43H60Cl2N12O7/c44-33(35(58)29(15-7-19-52-42(48)49)54-38(61)31-17-9-21-56(31)40(63)27(46)23-25-11-3-1-4-12-25)37(60)34(45)36(59)30(16-8-20-53-43(50)51)55-39(62)32-18-10-22-57(32)41(64)28(47)24-26-13-5-2-6-14-26/h1-6,11-14,27-34H,7-10,15-24,46-47H2,(H,54,61)(H,55,62)(H4,48,49,52)(H4,50,51,53). The summed E-state index contributed by atoms with van der Waals surface area (Å²) in [6.45, 7) is 0.759. The van der Waals surface area contributed by atoms with E-state index in [2.05, 4.69) is 21.3 Å². The van der Waals surface area contributed by atoms with E-state index < -0.39 is 88.0 Å². The molecule has 2 aliphatic rings. The lowest BCUT2D eigenvalue weighted by Crippen LogP contribution is -2.56. The molecule has 2 heterocycles. The van der Waals surface area contributed by atoms with E-state index in [4.69, 9.17) is 57.0 Å². The Morgan fingerprint density at radius 3 is 1.31 bits per heavy atom. The molecule has 2 aromatic rings. The molecule has 0 spiro atoms. The molecular weight excluding hydrogens is 867 g/mol. The predicted molar refractivity (Wildman–Crippen MR) is 242 cm³/mol. The number of hydrogen-bond acceptors (Lipinski definition) is 11. The van der Waals surface area contributed by atoms with Gasteiger partial charge in [0.1, 0.15) is 12.1 Å². The predicted octanol–water partition coefficient (Wildman–Crippen LogP) is -0.473. The largest absolute Gasteiger partial charge is 0.370 e. The van der Waals surface area contributed by atoms with Crippen LogP contribution < -0.4 is 44.2 Å². The number of nitrogens with two attached hydrogens (primary N) is 4. The number of nitrogens with zero attached hydrogens (tertiary/aromatic N) is 2. The molecule has 0 radical (unpaired) electrons. The van der Waals surface area contributed by atoms with Crippen molar-refractivity contribution in [1.29, 1.82) is 10.8 Å². The third-order valence-electron chi connectivity index (χ3n) is 11.2. The molecule has 4 amide bonds. The van der Waals surface area contributed by atoms with Crippen molar-refractivity contribution in [2.75, 3.05) is 26.2 Å². The SMILES string of the molecule is N=C(N)NCCCC(NC(=O)C1CCCN1C(=O)C(N)Cc1ccccc1)C(=O)C(Cl)C(=O)C(Cl)C(=O)C(CCCNC(=N)N)NC(=O)C1CCCN1C(=O)C(N)Cc1ccccc1. The molecule has 2 aromatic carbocycles. The number of guanidine groups is 2. The number of alkyl halides is 2. The lowest BCUT2D eigenvalue weighted by molar-refractivity contribution is -0.140. The maximum absolute atomic E-state index is 14.0. The fourth-order valence-corrected chi connectivity index (χ4v) is 8.49. The Balaban J connectivity index is 1.47. The van der Waals surface area contributed by atoms with Crippen molar-refractivity contribution in [1.82, 2.24) is 31.1 Å². The number of rotatable bonds is 24.